The molecule has 152 valence electrons. The van der Waals surface area contributed by atoms with E-state index >= 15 is 0 Å². The predicted molar refractivity (Wildman–Crippen MR) is 112 cm³/mol. The molecule has 0 saturated heterocycles. The Morgan fingerprint density at radius 1 is 0.808 bits per heavy atom. The lowest BCUT2D eigenvalue weighted by atomic mass is 10.1. The zero-order valence-electron chi connectivity index (χ0n) is 18.1. The summed E-state index contributed by atoms with van der Waals surface area (Å²) in [6.07, 6.45) is 16.6. The van der Waals surface area contributed by atoms with Gasteiger partial charge in [0.05, 0.1) is 27.2 Å². The van der Waals surface area contributed by atoms with Crippen LogP contribution in [0.15, 0.2) is 22.4 Å². The van der Waals surface area contributed by atoms with E-state index in [9.17, 15) is 4.79 Å². The fourth-order valence-electron chi connectivity index (χ4n) is 3.01. The van der Waals surface area contributed by atoms with Crippen molar-refractivity contribution in [2.24, 2.45) is 10.2 Å². The topological polar surface area (TPSA) is 41.8 Å². The third-order valence-corrected chi connectivity index (χ3v) is 4.95. The van der Waals surface area contributed by atoms with E-state index in [4.69, 9.17) is 0 Å². The lowest BCUT2D eigenvalue weighted by Gasteiger charge is -2.28. The minimum atomic E-state index is -0.309. The van der Waals surface area contributed by atoms with E-state index in [2.05, 4.69) is 37.8 Å². The molecule has 1 amide bonds. The molecule has 0 aromatic carbocycles. The standard InChI is InChI=1S/C22H44N3O/c1-6-7-8-9-10-11-12-13-14-15-16-17-19-25(4,5)20-18-23-24-22(26)21(2)3/h2,6-20H2,1,3-5H3/q+1. The largest absolute Gasteiger partial charge is 0.327 e. The van der Waals surface area contributed by atoms with Crippen molar-refractivity contribution in [1.29, 1.82) is 0 Å². The second-order valence-electron chi connectivity index (χ2n) is 8.32. The Balaban J connectivity index is 3.50. The molecule has 0 fully saturated rings. The minimum Gasteiger partial charge on any atom is -0.327 e. The number of hydrogen-bond acceptors (Lipinski definition) is 2. The summed E-state index contributed by atoms with van der Waals surface area (Å²) in [5, 5.41) is 7.66. The summed E-state index contributed by atoms with van der Waals surface area (Å²) in [6.45, 7) is 10.2. The molecule has 4 nitrogen and oxygen atoms in total. The van der Waals surface area contributed by atoms with Crippen LogP contribution in [-0.4, -0.2) is 44.1 Å². The van der Waals surface area contributed by atoms with E-state index in [1.54, 1.807) is 6.92 Å². The Bertz CT molecular complexity index is 402. The maximum atomic E-state index is 11.3. The van der Waals surface area contributed by atoms with Gasteiger partial charge in [0.1, 0.15) is 6.54 Å². The first-order valence-electron chi connectivity index (χ1n) is 10.8. The number of nitrogens with zero attached hydrogens (tertiary/aromatic N) is 3. The molecule has 0 radical (unpaired) electrons. The van der Waals surface area contributed by atoms with Crippen LogP contribution in [0.1, 0.15) is 90.9 Å². The molecule has 0 aromatic heterocycles. The van der Waals surface area contributed by atoms with Crippen LogP contribution in [0.3, 0.4) is 0 Å². The average Bonchev–Trinajstić information content (AvgIpc) is 2.59. The highest BCUT2D eigenvalue weighted by Crippen LogP contribution is 2.12. The van der Waals surface area contributed by atoms with Crippen LogP contribution in [0.5, 0.6) is 0 Å². The molecule has 0 bridgehead atoms. The highest BCUT2D eigenvalue weighted by atomic mass is 16.1. The van der Waals surface area contributed by atoms with Crippen molar-refractivity contribution >= 4 is 5.91 Å². The number of rotatable bonds is 17. The molecular weight excluding hydrogens is 322 g/mol. The first kappa shape index (κ1) is 25.0. The summed E-state index contributed by atoms with van der Waals surface area (Å²) in [4.78, 5) is 11.3. The number of carbonyl (C=O) groups excluding carboxylic acids is 1. The molecule has 0 aliphatic carbocycles. The van der Waals surface area contributed by atoms with E-state index in [0.717, 1.165) is 11.0 Å². The molecular formula is C22H44N3O+. The van der Waals surface area contributed by atoms with Crippen LogP contribution >= 0.6 is 0 Å². The smallest absolute Gasteiger partial charge is 0.290 e. The molecule has 26 heavy (non-hydrogen) atoms. The van der Waals surface area contributed by atoms with Gasteiger partial charge in [0.25, 0.3) is 5.91 Å². The zero-order valence-corrected chi connectivity index (χ0v) is 18.1. The van der Waals surface area contributed by atoms with Crippen LogP contribution in [0.4, 0.5) is 0 Å². The zero-order chi connectivity index (χ0) is 19.7. The van der Waals surface area contributed by atoms with Crippen molar-refractivity contribution in [3.63, 3.8) is 0 Å². The molecule has 0 aliphatic rings. The van der Waals surface area contributed by atoms with Gasteiger partial charge in [0, 0.05) is 5.57 Å². The van der Waals surface area contributed by atoms with Crippen molar-refractivity contribution in [3.8, 4) is 0 Å². The number of likely N-dealkylation sites (N-methyl/N-ethyl adjacent to an activating group) is 1. The van der Waals surface area contributed by atoms with Crippen molar-refractivity contribution in [2.75, 3.05) is 33.7 Å². The molecule has 0 aliphatic heterocycles. The monoisotopic (exact) mass is 366 g/mol. The van der Waals surface area contributed by atoms with Crippen LogP contribution in [0, 0.1) is 0 Å². The van der Waals surface area contributed by atoms with Crippen LogP contribution < -0.4 is 0 Å². The lowest BCUT2D eigenvalue weighted by Crippen LogP contribution is -2.42. The van der Waals surface area contributed by atoms with Gasteiger partial charge in [-0.25, -0.2) is 0 Å². The van der Waals surface area contributed by atoms with Crippen molar-refractivity contribution in [2.45, 2.75) is 90.9 Å². The Morgan fingerprint density at radius 2 is 1.27 bits per heavy atom. The van der Waals surface area contributed by atoms with Gasteiger partial charge in [0.15, 0.2) is 0 Å². The molecule has 0 heterocycles. The maximum absolute atomic E-state index is 11.3. The van der Waals surface area contributed by atoms with Gasteiger partial charge in [-0.1, -0.05) is 77.7 Å². The van der Waals surface area contributed by atoms with Gasteiger partial charge >= 0.3 is 0 Å². The highest BCUT2D eigenvalue weighted by Gasteiger charge is 2.13. The third-order valence-electron chi connectivity index (χ3n) is 4.95. The summed E-state index contributed by atoms with van der Waals surface area (Å²) >= 11 is 0. The Hall–Kier alpha value is -1.03. The van der Waals surface area contributed by atoms with E-state index < -0.39 is 0 Å². The third kappa shape index (κ3) is 16.4. The van der Waals surface area contributed by atoms with Gasteiger partial charge in [-0.05, 0) is 19.8 Å². The van der Waals surface area contributed by atoms with Crippen LogP contribution in [0.25, 0.3) is 0 Å². The van der Waals surface area contributed by atoms with Gasteiger partial charge in [-0.2, -0.15) is 5.11 Å². The number of amides is 1. The Kier molecular flexibility index (Phi) is 15.5. The Labute approximate surface area is 162 Å². The Morgan fingerprint density at radius 3 is 1.73 bits per heavy atom. The van der Waals surface area contributed by atoms with E-state index in [0.29, 0.717) is 12.1 Å². The normalized spacial score (nSPS) is 12.0. The highest BCUT2D eigenvalue weighted by molar-refractivity contribution is 5.92. The molecule has 0 saturated carbocycles. The van der Waals surface area contributed by atoms with Gasteiger partial charge in [-0.3, -0.25) is 4.79 Å². The molecule has 0 N–H and O–H groups in total. The van der Waals surface area contributed by atoms with Gasteiger partial charge in [0.2, 0.25) is 0 Å². The van der Waals surface area contributed by atoms with Crippen molar-refractivity contribution in [3.05, 3.63) is 12.2 Å². The van der Waals surface area contributed by atoms with Crippen molar-refractivity contribution < 1.29 is 9.28 Å². The van der Waals surface area contributed by atoms with Crippen LogP contribution in [0.2, 0.25) is 0 Å². The second kappa shape index (κ2) is 16.2. The molecule has 0 atom stereocenters. The maximum Gasteiger partial charge on any atom is 0.290 e. The lowest BCUT2D eigenvalue weighted by molar-refractivity contribution is -0.889. The molecule has 4 heteroatoms. The van der Waals surface area contributed by atoms with E-state index in [1.165, 1.54) is 83.6 Å². The van der Waals surface area contributed by atoms with E-state index in [1.807, 2.05) is 0 Å². The number of carbonyl (C=O) groups is 1. The summed E-state index contributed by atoms with van der Waals surface area (Å²) < 4.78 is 0.943. The summed E-state index contributed by atoms with van der Waals surface area (Å²) in [5.41, 5.74) is 0.444. The number of azo groups is 1. The fraction of sp³-hybridized carbons (Fsp3) is 0.864. The number of quaternary nitrogens is 1. The second-order valence-corrected chi connectivity index (χ2v) is 8.32. The number of hydrogen-bond donors (Lipinski definition) is 0. The summed E-state index contributed by atoms with van der Waals surface area (Å²) in [5.74, 6) is -0.309. The van der Waals surface area contributed by atoms with E-state index in [-0.39, 0.29) is 5.91 Å². The average molecular weight is 367 g/mol. The summed E-state index contributed by atoms with van der Waals surface area (Å²) in [7, 11) is 4.46. The van der Waals surface area contributed by atoms with Crippen molar-refractivity contribution in [1.82, 2.24) is 0 Å². The SMILES string of the molecule is C=C(C)C(=O)N=NCC[N+](C)(C)CCCCCCCCCCCCCC. The van der Waals surface area contributed by atoms with Gasteiger partial charge in [-0.15, -0.1) is 5.11 Å². The minimum absolute atomic E-state index is 0.309. The summed E-state index contributed by atoms with van der Waals surface area (Å²) in [6, 6.07) is 0. The predicted octanol–water partition coefficient (Wildman–Crippen LogP) is 6.32. The fourth-order valence-corrected chi connectivity index (χ4v) is 3.01. The molecule has 0 unspecified atom stereocenters. The number of unbranched alkanes of at least 4 members (excludes halogenated alkanes) is 11. The quantitative estimate of drug-likeness (QED) is 0.128. The van der Waals surface area contributed by atoms with Gasteiger partial charge < -0.3 is 4.48 Å². The molecule has 0 spiro atoms. The first-order valence-corrected chi connectivity index (χ1v) is 10.8. The molecule has 0 rings (SSSR count). The molecule has 0 aromatic rings. The first-order chi connectivity index (χ1) is 12.4. The van der Waals surface area contributed by atoms with Crippen LogP contribution in [-0.2, 0) is 4.79 Å².